The predicted molar refractivity (Wildman–Crippen MR) is 80.4 cm³/mol. The third-order valence-electron chi connectivity index (χ3n) is 3.49. The van der Waals surface area contributed by atoms with Crippen molar-refractivity contribution in [3.63, 3.8) is 0 Å². The summed E-state index contributed by atoms with van der Waals surface area (Å²) in [7, 11) is 0. The van der Waals surface area contributed by atoms with Gasteiger partial charge in [0.25, 0.3) is 0 Å². The van der Waals surface area contributed by atoms with Crippen LogP contribution >= 0.6 is 0 Å². The molecule has 1 aromatic heterocycles. The van der Waals surface area contributed by atoms with Crippen LogP contribution in [-0.2, 0) is 6.18 Å². The number of alkyl halides is 3. The second-order valence-electron chi connectivity index (χ2n) is 5.16. The first-order chi connectivity index (χ1) is 10.9. The third kappa shape index (κ3) is 2.92. The molecule has 6 heteroatoms. The van der Waals surface area contributed by atoms with E-state index in [1.807, 2.05) is 0 Å². The average Bonchev–Trinajstić information content (AvgIpc) is 2.93. The summed E-state index contributed by atoms with van der Waals surface area (Å²) >= 11 is 0. The van der Waals surface area contributed by atoms with Gasteiger partial charge >= 0.3 is 6.18 Å². The van der Waals surface area contributed by atoms with E-state index in [9.17, 15) is 18.3 Å². The lowest BCUT2D eigenvalue weighted by Crippen LogP contribution is -2.08. The molecule has 1 heterocycles. The van der Waals surface area contributed by atoms with E-state index < -0.39 is 11.9 Å². The van der Waals surface area contributed by atoms with Crippen LogP contribution < -0.4 is 0 Å². The molecule has 0 amide bonds. The van der Waals surface area contributed by atoms with Gasteiger partial charge in [-0.1, -0.05) is 30.3 Å². The van der Waals surface area contributed by atoms with Gasteiger partial charge in [0.1, 0.15) is 5.75 Å². The van der Waals surface area contributed by atoms with Crippen LogP contribution in [0.25, 0.3) is 16.9 Å². The predicted octanol–water partition coefficient (Wildman–Crippen LogP) is 4.57. The summed E-state index contributed by atoms with van der Waals surface area (Å²) in [6.45, 7) is 1.80. The van der Waals surface area contributed by atoms with Crippen molar-refractivity contribution in [2.24, 2.45) is 0 Å². The Bertz CT molecular complexity index is 853. The minimum absolute atomic E-state index is 0.0198. The van der Waals surface area contributed by atoms with Gasteiger partial charge in [-0.25, -0.2) is 4.68 Å². The smallest absolute Gasteiger partial charge is 0.435 e. The maximum atomic E-state index is 13.1. The molecule has 1 N–H and O–H groups in total. The normalized spacial score (nSPS) is 11.7. The number of phenols is 1. The monoisotopic (exact) mass is 318 g/mol. The molecule has 0 aliphatic carbocycles. The molecule has 0 atom stereocenters. The molecule has 23 heavy (non-hydrogen) atoms. The van der Waals surface area contributed by atoms with E-state index in [-0.39, 0.29) is 11.4 Å². The van der Waals surface area contributed by atoms with E-state index in [1.54, 1.807) is 43.3 Å². The molecule has 0 saturated carbocycles. The average molecular weight is 318 g/mol. The van der Waals surface area contributed by atoms with E-state index in [0.29, 0.717) is 11.3 Å². The van der Waals surface area contributed by atoms with Gasteiger partial charge in [0.2, 0.25) is 0 Å². The molecule has 0 unspecified atom stereocenters. The van der Waals surface area contributed by atoms with Crippen molar-refractivity contribution >= 4 is 0 Å². The highest BCUT2D eigenvalue weighted by Crippen LogP contribution is 2.34. The van der Waals surface area contributed by atoms with E-state index in [2.05, 4.69) is 5.10 Å². The Morgan fingerprint density at radius 3 is 2.39 bits per heavy atom. The lowest BCUT2D eigenvalue weighted by atomic mass is 10.1. The molecule has 3 nitrogen and oxygen atoms in total. The highest BCUT2D eigenvalue weighted by Gasteiger charge is 2.35. The van der Waals surface area contributed by atoms with Crippen LogP contribution in [0, 0.1) is 6.92 Å². The lowest BCUT2D eigenvalue weighted by molar-refractivity contribution is -0.141. The van der Waals surface area contributed by atoms with Gasteiger partial charge in [0, 0.05) is 5.56 Å². The Morgan fingerprint density at radius 2 is 1.74 bits per heavy atom. The first kappa shape index (κ1) is 15.1. The number of para-hydroxylation sites is 1. The van der Waals surface area contributed by atoms with Crippen LogP contribution in [0.4, 0.5) is 13.2 Å². The zero-order chi connectivity index (χ0) is 16.6. The number of aromatic nitrogens is 2. The van der Waals surface area contributed by atoms with E-state index in [4.69, 9.17) is 0 Å². The van der Waals surface area contributed by atoms with Gasteiger partial charge in [-0.15, -0.1) is 0 Å². The van der Waals surface area contributed by atoms with E-state index >= 15 is 0 Å². The molecule has 0 aliphatic heterocycles. The number of aromatic hydroxyl groups is 1. The van der Waals surface area contributed by atoms with Gasteiger partial charge in [-0.2, -0.15) is 18.3 Å². The number of phenolic OH excluding ortho intramolecular Hbond substituents is 1. The van der Waals surface area contributed by atoms with Crippen molar-refractivity contribution in [1.82, 2.24) is 9.78 Å². The van der Waals surface area contributed by atoms with Gasteiger partial charge in [0.15, 0.2) is 5.69 Å². The molecule has 118 valence electrons. The quantitative estimate of drug-likeness (QED) is 0.751. The topological polar surface area (TPSA) is 38.0 Å². The van der Waals surface area contributed by atoms with Crippen LogP contribution in [0.3, 0.4) is 0 Å². The van der Waals surface area contributed by atoms with Crippen LogP contribution in [-0.4, -0.2) is 14.9 Å². The van der Waals surface area contributed by atoms with Crippen molar-refractivity contribution < 1.29 is 18.3 Å². The maximum absolute atomic E-state index is 13.1. The highest BCUT2D eigenvalue weighted by atomic mass is 19.4. The van der Waals surface area contributed by atoms with E-state index in [0.717, 1.165) is 11.6 Å². The van der Waals surface area contributed by atoms with Gasteiger partial charge in [0.05, 0.1) is 11.4 Å². The number of hydrogen-bond acceptors (Lipinski definition) is 2. The Kier molecular flexibility index (Phi) is 3.60. The van der Waals surface area contributed by atoms with Crippen LogP contribution in [0.1, 0.15) is 11.3 Å². The Labute approximate surface area is 130 Å². The Balaban J connectivity index is 2.26. The highest BCUT2D eigenvalue weighted by molar-refractivity contribution is 5.65. The fourth-order valence-corrected chi connectivity index (χ4v) is 2.38. The number of hydrogen-bond donors (Lipinski definition) is 1. The molecule has 0 bridgehead atoms. The summed E-state index contributed by atoms with van der Waals surface area (Å²) in [6, 6.07) is 14.1. The molecular formula is C17H13F3N2O. The van der Waals surface area contributed by atoms with Crippen molar-refractivity contribution in [3.05, 3.63) is 65.9 Å². The largest absolute Gasteiger partial charge is 0.508 e. The summed E-state index contributed by atoms with van der Waals surface area (Å²) in [5.41, 5.74) is 1.10. The number of nitrogens with zero attached hydrogens (tertiary/aromatic N) is 2. The molecule has 0 saturated heterocycles. The van der Waals surface area contributed by atoms with Crippen LogP contribution in [0.5, 0.6) is 5.75 Å². The first-order valence-corrected chi connectivity index (χ1v) is 6.89. The van der Waals surface area contributed by atoms with Crippen molar-refractivity contribution in [2.75, 3.05) is 0 Å². The molecule has 3 aromatic rings. The fraction of sp³-hybridized carbons (Fsp3) is 0.118. The third-order valence-corrected chi connectivity index (χ3v) is 3.49. The summed E-state index contributed by atoms with van der Waals surface area (Å²) in [5.74, 6) is -0.0198. The summed E-state index contributed by atoms with van der Waals surface area (Å²) in [4.78, 5) is 0. The zero-order valence-corrected chi connectivity index (χ0v) is 12.2. The molecule has 0 spiro atoms. The second-order valence-corrected chi connectivity index (χ2v) is 5.16. The fourth-order valence-electron chi connectivity index (χ4n) is 2.38. The molecule has 0 fully saturated rings. The SMILES string of the molecule is Cc1ccccc1-n1nc(C(F)(F)F)cc1-c1cccc(O)c1. The van der Waals surface area contributed by atoms with Crippen LogP contribution in [0.15, 0.2) is 54.6 Å². The van der Waals surface area contributed by atoms with Gasteiger partial charge in [-0.3, -0.25) is 0 Å². The summed E-state index contributed by atoms with van der Waals surface area (Å²) in [5, 5.41) is 13.3. The Morgan fingerprint density at radius 1 is 1.00 bits per heavy atom. The standard InChI is InChI=1S/C17H13F3N2O/c1-11-5-2-3-8-14(11)22-15(10-16(21-22)17(18,19)20)12-6-4-7-13(23)9-12/h2-10,23H,1H3. The van der Waals surface area contributed by atoms with Crippen molar-refractivity contribution in [1.29, 1.82) is 0 Å². The lowest BCUT2D eigenvalue weighted by Gasteiger charge is -2.10. The first-order valence-electron chi connectivity index (χ1n) is 6.89. The van der Waals surface area contributed by atoms with Crippen LogP contribution in [0.2, 0.25) is 0 Å². The maximum Gasteiger partial charge on any atom is 0.435 e. The molecular weight excluding hydrogens is 305 g/mol. The summed E-state index contributed by atoms with van der Waals surface area (Å²) < 4.78 is 40.5. The number of benzene rings is 2. The number of rotatable bonds is 2. The molecule has 3 rings (SSSR count). The number of halogens is 3. The minimum atomic E-state index is -4.54. The van der Waals surface area contributed by atoms with Gasteiger partial charge in [-0.05, 0) is 36.8 Å². The zero-order valence-electron chi connectivity index (χ0n) is 12.2. The van der Waals surface area contributed by atoms with Gasteiger partial charge < -0.3 is 5.11 Å². The second kappa shape index (κ2) is 5.46. The van der Waals surface area contributed by atoms with Crippen molar-refractivity contribution in [3.8, 4) is 22.7 Å². The molecule has 0 aliphatic rings. The molecule has 0 radical (unpaired) electrons. The van der Waals surface area contributed by atoms with Crippen molar-refractivity contribution in [2.45, 2.75) is 13.1 Å². The summed E-state index contributed by atoms with van der Waals surface area (Å²) in [6.07, 6.45) is -4.54. The Hall–Kier alpha value is -2.76. The molecule has 2 aromatic carbocycles. The number of aryl methyl sites for hydroxylation is 1. The minimum Gasteiger partial charge on any atom is -0.508 e. The van der Waals surface area contributed by atoms with E-state index in [1.165, 1.54) is 16.8 Å².